The Labute approximate surface area is 125 Å². The van der Waals surface area contributed by atoms with Crippen molar-refractivity contribution >= 4 is 16.7 Å². The highest BCUT2D eigenvalue weighted by Gasteiger charge is 2.09. The summed E-state index contributed by atoms with van der Waals surface area (Å²) in [6.45, 7) is 0.572. The largest absolute Gasteiger partial charge is 0.354 e. The van der Waals surface area contributed by atoms with Gasteiger partial charge in [-0.25, -0.2) is 9.18 Å². The molecule has 0 aliphatic heterocycles. The standard InChI is InChI=1S/C16H13FN4O/c17-12-3-1-2-11(8-12)10-21(7-6-18)13-4-5-14-15(9-13)20-16(22)19-14/h1-5,8-9H,7,10H2,(H2,19,20,22). The lowest BCUT2D eigenvalue weighted by Crippen LogP contribution is -2.22. The van der Waals surface area contributed by atoms with Gasteiger partial charge in [-0.3, -0.25) is 0 Å². The van der Waals surface area contributed by atoms with Gasteiger partial charge in [0.05, 0.1) is 17.1 Å². The van der Waals surface area contributed by atoms with Gasteiger partial charge in [0.25, 0.3) is 0 Å². The van der Waals surface area contributed by atoms with Crippen molar-refractivity contribution in [1.29, 1.82) is 5.26 Å². The van der Waals surface area contributed by atoms with Crippen LogP contribution in [0.15, 0.2) is 47.3 Å². The highest BCUT2D eigenvalue weighted by Crippen LogP contribution is 2.21. The van der Waals surface area contributed by atoms with E-state index in [1.54, 1.807) is 18.2 Å². The molecular formula is C16H13FN4O. The molecule has 0 aliphatic rings. The van der Waals surface area contributed by atoms with Gasteiger partial charge >= 0.3 is 5.69 Å². The Morgan fingerprint density at radius 3 is 2.73 bits per heavy atom. The topological polar surface area (TPSA) is 75.7 Å². The molecule has 6 heteroatoms. The first kappa shape index (κ1) is 13.9. The highest BCUT2D eigenvalue weighted by atomic mass is 19.1. The van der Waals surface area contributed by atoms with E-state index in [9.17, 15) is 9.18 Å². The predicted octanol–water partition coefficient (Wildman–Crippen LogP) is 2.53. The molecule has 3 rings (SSSR count). The second-order valence-corrected chi connectivity index (χ2v) is 4.95. The van der Waals surface area contributed by atoms with E-state index >= 15 is 0 Å². The van der Waals surface area contributed by atoms with Crippen LogP contribution in [0.1, 0.15) is 5.56 Å². The van der Waals surface area contributed by atoms with Crippen LogP contribution in [0.5, 0.6) is 0 Å². The average molecular weight is 296 g/mol. The molecule has 1 aromatic heterocycles. The second-order valence-electron chi connectivity index (χ2n) is 4.95. The molecule has 5 nitrogen and oxygen atoms in total. The van der Waals surface area contributed by atoms with Gasteiger partial charge in [-0.15, -0.1) is 0 Å². The maximum atomic E-state index is 13.3. The monoisotopic (exact) mass is 296 g/mol. The maximum absolute atomic E-state index is 13.3. The summed E-state index contributed by atoms with van der Waals surface area (Å²) in [5.74, 6) is -0.306. The van der Waals surface area contributed by atoms with Gasteiger partial charge in [0.1, 0.15) is 12.4 Å². The number of imidazole rings is 1. The fourth-order valence-electron chi connectivity index (χ4n) is 2.40. The predicted molar refractivity (Wildman–Crippen MR) is 82.0 cm³/mol. The van der Waals surface area contributed by atoms with E-state index in [0.717, 1.165) is 11.3 Å². The van der Waals surface area contributed by atoms with Crippen LogP contribution in [0.3, 0.4) is 0 Å². The molecule has 2 aromatic carbocycles. The molecule has 2 N–H and O–H groups in total. The van der Waals surface area contributed by atoms with Crippen molar-refractivity contribution in [1.82, 2.24) is 9.97 Å². The van der Waals surface area contributed by atoms with Gasteiger partial charge < -0.3 is 14.9 Å². The van der Waals surface area contributed by atoms with E-state index in [2.05, 4.69) is 16.0 Å². The number of hydrogen-bond acceptors (Lipinski definition) is 3. The third-order valence-corrected chi connectivity index (χ3v) is 3.39. The Morgan fingerprint density at radius 1 is 1.14 bits per heavy atom. The van der Waals surface area contributed by atoms with Gasteiger partial charge in [0.2, 0.25) is 0 Å². The van der Waals surface area contributed by atoms with Crippen LogP contribution < -0.4 is 10.6 Å². The third-order valence-electron chi connectivity index (χ3n) is 3.39. The molecule has 0 aliphatic carbocycles. The minimum absolute atomic E-state index is 0.163. The lowest BCUT2D eigenvalue weighted by Gasteiger charge is -2.22. The number of halogens is 1. The lowest BCUT2D eigenvalue weighted by atomic mass is 10.2. The van der Waals surface area contributed by atoms with Gasteiger partial charge in [-0.1, -0.05) is 12.1 Å². The summed E-state index contributed by atoms with van der Waals surface area (Å²) in [6, 6.07) is 13.8. The van der Waals surface area contributed by atoms with Gasteiger partial charge in [0, 0.05) is 12.2 Å². The Kier molecular flexibility index (Phi) is 3.62. The van der Waals surface area contributed by atoms with Crippen LogP contribution >= 0.6 is 0 Å². The Hall–Kier alpha value is -3.07. The van der Waals surface area contributed by atoms with Crippen molar-refractivity contribution in [2.24, 2.45) is 0 Å². The number of benzene rings is 2. The fourth-order valence-corrected chi connectivity index (χ4v) is 2.40. The molecule has 0 unspecified atom stereocenters. The minimum atomic E-state index is -0.306. The zero-order valence-corrected chi connectivity index (χ0v) is 11.6. The first-order valence-corrected chi connectivity index (χ1v) is 6.74. The Bertz CT molecular complexity index is 906. The van der Waals surface area contributed by atoms with Crippen LogP contribution in [0.2, 0.25) is 0 Å². The van der Waals surface area contributed by atoms with Gasteiger partial charge in [-0.05, 0) is 35.9 Å². The van der Waals surface area contributed by atoms with Crippen LogP contribution in [-0.2, 0) is 6.54 Å². The molecule has 22 heavy (non-hydrogen) atoms. The molecule has 0 saturated carbocycles. The van der Waals surface area contributed by atoms with Crippen LogP contribution in [0.25, 0.3) is 11.0 Å². The molecule has 0 fully saturated rings. The zero-order chi connectivity index (χ0) is 15.5. The number of hydrogen-bond donors (Lipinski definition) is 2. The number of nitrogens with zero attached hydrogens (tertiary/aromatic N) is 2. The number of aromatic amines is 2. The van der Waals surface area contributed by atoms with E-state index in [-0.39, 0.29) is 18.1 Å². The molecule has 110 valence electrons. The molecule has 0 bridgehead atoms. The van der Waals surface area contributed by atoms with E-state index in [4.69, 9.17) is 5.26 Å². The van der Waals surface area contributed by atoms with Crippen molar-refractivity contribution in [3.63, 3.8) is 0 Å². The van der Waals surface area contributed by atoms with Crippen molar-refractivity contribution in [3.8, 4) is 6.07 Å². The summed E-state index contributed by atoms with van der Waals surface area (Å²) in [6.07, 6.45) is 0. The number of nitriles is 1. The number of nitrogens with one attached hydrogen (secondary N) is 2. The summed E-state index contributed by atoms with van der Waals surface area (Å²) < 4.78 is 13.3. The van der Waals surface area contributed by atoms with Gasteiger partial charge in [-0.2, -0.15) is 5.26 Å². The minimum Gasteiger partial charge on any atom is -0.354 e. The fraction of sp³-hybridized carbons (Fsp3) is 0.125. The van der Waals surface area contributed by atoms with E-state index in [1.807, 2.05) is 17.0 Å². The summed E-state index contributed by atoms with van der Waals surface area (Å²) in [5, 5.41) is 9.02. The number of aromatic nitrogens is 2. The summed E-state index contributed by atoms with van der Waals surface area (Å²) in [7, 11) is 0. The van der Waals surface area contributed by atoms with Crippen molar-refractivity contribution in [3.05, 3.63) is 64.3 Å². The zero-order valence-electron chi connectivity index (χ0n) is 11.6. The van der Waals surface area contributed by atoms with Crippen LogP contribution in [-0.4, -0.2) is 16.5 Å². The van der Waals surface area contributed by atoms with Crippen LogP contribution in [0, 0.1) is 17.1 Å². The molecule has 0 spiro atoms. The number of anilines is 1. The second kappa shape index (κ2) is 5.74. The molecule has 0 saturated heterocycles. The van der Waals surface area contributed by atoms with E-state index in [0.29, 0.717) is 17.6 Å². The van der Waals surface area contributed by atoms with Crippen LogP contribution in [0.4, 0.5) is 10.1 Å². The van der Waals surface area contributed by atoms with Crippen molar-refractivity contribution < 1.29 is 4.39 Å². The molecule has 3 aromatic rings. The summed E-state index contributed by atoms with van der Waals surface area (Å²) >= 11 is 0. The van der Waals surface area contributed by atoms with Gasteiger partial charge in [0.15, 0.2) is 0 Å². The molecule has 1 heterocycles. The molecule has 0 radical (unpaired) electrons. The quantitative estimate of drug-likeness (QED) is 0.726. The first-order chi connectivity index (χ1) is 10.7. The highest BCUT2D eigenvalue weighted by molar-refractivity contribution is 5.79. The Morgan fingerprint density at radius 2 is 1.95 bits per heavy atom. The number of fused-ring (bicyclic) bond motifs is 1. The van der Waals surface area contributed by atoms with Crippen molar-refractivity contribution in [2.75, 3.05) is 11.4 Å². The van der Waals surface area contributed by atoms with E-state index in [1.165, 1.54) is 12.1 Å². The summed E-state index contributed by atoms with van der Waals surface area (Å²) in [5.41, 5.74) is 2.66. The summed E-state index contributed by atoms with van der Waals surface area (Å²) in [4.78, 5) is 18.5. The SMILES string of the molecule is N#CCN(Cc1cccc(F)c1)c1ccc2[nH]c(=O)[nH]c2c1. The van der Waals surface area contributed by atoms with E-state index < -0.39 is 0 Å². The normalized spacial score (nSPS) is 10.5. The number of H-pyrrole nitrogens is 2. The lowest BCUT2D eigenvalue weighted by molar-refractivity contribution is 0.625. The molecule has 0 atom stereocenters. The smallest absolute Gasteiger partial charge is 0.323 e. The Balaban J connectivity index is 1.94. The first-order valence-electron chi connectivity index (χ1n) is 6.74. The molecule has 0 amide bonds. The molecular weight excluding hydrogens is 283 g/mol. The average Bonchev–Trinajstić information content (AvgIpc) is 2.86. The third kappa shape index (κ3) is 2.83. The number of rotatable bonds is 4. The maximum Gasteiger partial charge on any atom is 0.323 e. The van der Waals surface area contributed by atoms with Crippen molar-refractivity contribution in [2.45, 2.75) is 6.54 Å².